The van der Waals surface area contributed by atoms with E-state index in [1.54, 1.807) is 12.1 Å². The number of non-ortho nitro benzene ring substituents is 1. The molecule has 1 heterocycles. The number of nitro benzene ring substituents is 1. The molecule has 0 aliphatic carbocycles. The van der Waals surface area contributed by atoms with Crippen LogP contribution in [0.15, 0.2) is 109 Å². The molecule has 4 aromatic carbocycles. The van der Waals surface area contributed by atoms with Crippen LogP contribution in [0.25, 0.3) is 10.9 Å². The predicted octanol–water partition coefficient (Wildman–Crippen LogP) is 5.85. The molecule has 5 aromatic rings. The van der Waals surface area contributed by atoms with Gasteiger partial charge in [0.15, 0.2) is 0 Å². The number of fused-ring (bicyclic) bond motifs is 1. The molecular weight excluding hydrogens is 544 g/mol. The van der Waals surface area contributed by atoms with Gasteiger partial charge in [0, 0.05) is 0 Å². The van der Waals surface area contributed by atoms with Crippen LogP contribution in [0.5, 0.6) is 0 Å². The first-order valence-corrected chi connectivity index (χ1v) is 15.7. The summed E-state index contributed by atoms with van der Waals surface area (Å²) < 4.78 is -3.08. The number of nitrogens with one attached hydrogen (secondary N) is 1. The van der Waals surface area contributed by atoms with Gasteiger partial charge in [0.05, 0.1) is 0 Å². The maximum absolute atomic E-state index is 11.5. The molecule has 0 saturated carbocycles. The van der Waals surface area contributed by atoms with Crippen LogP contribution in [0.2, 0.25) is 0 Å². The van der Waals surface area contributed by atoms with Gasteiger partial charge in [-0.1, -0.05) is 0 Å². The summed E-state index contributed by atoms with van der Waals surface area (Å²) in [6.07, 6.45) is 0.655. The Balaban J connectivity index is 1.85. The molecule has 7 heteroatoms. The summed E-state index contributed by atoms with van der Waals surface area (Å²) in [5, 5.41) is 23.7. The molecule has 0 aliphatic heterocycles. The molecule has 1 N–H and O–H groups in total. The van der Waals surface area contributed by atoms with Crippen LogP contribution in [0.1, 0.15) is 5.69 Å². The zero-order valence-electron chi connectivity index (χ0n) is 17.6. The Morgan fingerprint density at radius 1 is 0.788 bits per heavy atom. The van der Waals surface area contributed by atoms with Gasteiger partial charge in [-0.3, -0.25) is 0 Å². The van der Waals surface area contributed by atoms with E-state index in [4.69, 9.17) is 0 Å². The fraction of sp³-hybridized carbons (Fsp3) is 0.0385. The summed E-state index contributed by atoms with van der Waals surface area (Å²) in [6.45, 7) is 0. The fourth-order valence-electron chi connectivity index (χ4n) is 4.52. The first-order chi connectivity index (χ1) is 16.0. The van der Waals surface area contributed by atoms with Crippen LogP contribution in [0.4, 0.5) is 5.69 Å². The first kappa shape index (κ1) is 21.7. The Labute approximate surface area is 204 Å². The minimum absolute atomic E-state index is 0.0676. The zero-order chi connectivity index (χ0) is 22.9. The van der Waals surface area contributed by atoms with Crippen molar-refractivity contribution in [3.63, 3.8) is 0 Å². The number of nitro groups is 1. The molecule has 33 heavy (non-hydrogen) atoms. The van der Waals surface area contributed by atoms with Crippen LogP contribution < -0.4 is 15.9 Å². The van der Waals surface area contributed by atoms with Gasteiger partial charge >= 0.3 is 205 Å². The number of benzene rings is 4. The van der Waals surface area contributed by atoms with Crippen molar-refractivity contribution in [2.75, 3.05) is 0 Å². The SMILES string of the molecule is O=[N+]([O-])c1ccc2n[nH]c(CP(I)(c3ccccc3)(c3ccccc3)c3ccccc3)c2c1. The second-order valence-electron chi connectivity index (χ2n) is 8.01. The van der Waals surface area contributed by atoms with E-state index in [0.717, 1.165) is 16.6 Å². The second-order valence-corrected chi connectivity index (χ2v) is 18.6. The van der Waals surface area contributed by atoms with Crippen LogP contribution in [-0.4, -0.2) is 15.1 Å². The van der Waals surface area contributed by atoms with Gasteiger partial charge in [0.2, 0.25) is 0 Å². The standard InChI is InChI=1S/C26H21IN3O2P/c27-33(21-10-4-1-5-11-21,22-12-6-2-7-13-22,23-14-8-3-9-15-23)19-26-24-18-20(30(31)32)16-17-25(24)28-29-26/h1-18H,19H2,(H,28,29). The number of nitrogens with zero attached hydrogens (tertiary/aromatic N) is 2. The zero-order valence-corrected chi connectivity index (χ0v) is 20.7. The van der Waals surface area contributed by atoms with Gasteiger partial charge < -0.3 is 0 Å². The molecular formula is C26H21IN3O2P. The van der Waals surface area contributed by atoms with Crippen molar-refractivity contribution in [3.05, 3.63) is 125 Å². The normalized spacial score (nSPS) is 12.8. The van der Waals surface area contributed by atoms with Crippen LogP contribution in [0.3, 0.4) is 0 Å². The fourth-order valence-corrected chi connectivity index (χ4v) is 13.1. The molecule has 0 amide bonds. The summed E-state index contributed by atoms with van der Waals surface area (Å²) in [5.74, 6) is 0. The molecule has 0 unspecified atom stereocenters. The van der Waals surface area contributed by atoms with Gasteiger partial charge in [-0.25, -0.2) is 0 Å². The van der Waals surface area contributed by atoms with E-state index in [2.05, 4.69) is 105 Å². The summed E-state index contributed by atoms with van der Waals surface area (Å²) in [6, 6.07) is 36.6. The Morgan fingerprint density at radius 3 is 1.73 bits per heavy atom. The number of aromatic amines is 1. The number of H-pyrrole nitrogens is 1. The van der Waals surface area contributed by atoms with Gasteiger partial charge in [0.1, 0.15) is 0 Å². The monoisotopic (exact) mass is 565 g/mol. The number of halogens is 1. The van der Waals surface area contributed by atoms with Crippen LogP contribution in [-0.2, 0) is 6.16 Å². The van der Waals surface area contributed by atoms with Crippen molar-refractivity contribution in [3.8, 4) is 0 Å². The quantitative estimate of drug-likeness (QED) is 0.122. The number of aromatic nitrogens is 2. The van der Waals surface area contributed by atoms with E-state index < -0.39 is 4.25 Å². The van der Waals surface area contributed by atoms with Gasteiger partial charge in [-0.15, -0.1) is 0 Å². The number of hydrogen-bond acceptors (Lipinski definition) is 3. The molecule has 0 spiro atoms. The van der Waals surface area contributed by atoms with Crippen molar-refractivity contribution in [2.24, 2.45) is 0 Å². The third kappa shape index (κ3) is 3.54. The van der Waals surface area contributed by atoms with Crippen LogP contribution >= 0.6 is 26.3 Å². The Morgan fingerprint density at radius 2 is 1.27 bits per heavy atom. The minimum atomic E-state index is -3.08. The molecule has 0 aliphatic rings. The summed E-state index contributed by atoms with van der Waals surface area (Å²) in [7, 11) is 0. The third-order valence-electron chi connectivity index (χ3n) is 6.17. The first-order valence-electron chi connectivity index (χ1n) is 10.5. The third-order valence-corrected chi connectivity index (χ3v) is 17.2. The Hall–Kier alpha value is -3.09. The van der Waals surface area contributed by atoms with Crippen molar-refractivity contribution >= 4 is 58.8 Å². The maximum atomic E-state index is 11.5. The van der Waals surface area contributed by atoms with E-state index in [9.17, 15) is 10.1 Å². The van der Waals surface area contributed by atoms with E-state index in [-0.39, 0.29) is 10.6 Å². The van der Waals surface area contributed by atoms with Crippen molar-refractivity contribution in [1.82, 2.24) is 10.2 Å². The summed E-state index contributed by atoms with van der Waals surface area (Å²) in [5.41, 5.74) is 1.70. The van der Waals surface area contributed by atoms with E-state index in [1.165, 1.54) is 22.0 Å². The second kappa shape index (κ2) is 8.36. The molecule has 0 fully saturated rings. The molecule has 0 saturated heterocycles. The Bertz CT molecular complexity index is 1340. The molecule has 1 aromatic heterocycles. The number of hydrogen-bond donors (Lipinski definition) is 1. The predicted molar refractivity (Wildman–Crippen MR) is 146 cm³/mol. The van der Waals surface area contributed by atoms with Crippen LogP contribution in [0, 0.1) is 10.1 Å². The van der Waals surface area contributed by atoms with E-state index >= 15 is 0 Å². The Kier molecular flexibility index (Phi) is 5.51. The average Bonchev–Trinajstić information content (AvgIpc) is 3.27. The van der Waals surface area contributed by atoms with E-state index in [1.807, 2.05) is 18.2 Å². The van der Waals surface area contributed by atoms with Gasteiger partial charge in [-0.2, -0.15) is 0 Å². The van der Waals surface area contributed by atoms with Crippen molar-refractivity contribution in [1.29, 1.82) is 0 Å². The van der Waals surface area contributed by atoms with Gasteiger partial charge in [0.25, 0.3) is 0 Å². The summed E-state index contributed by atoms with van der Waals surface area (Å²) in [4.78, 5) is 11.1. The summed E-state index contributed by atoms with van der Waals surface area (Å²) >= 11 is 2.71. The molecule has 0 radical (unpaired) electrons. The number of rotatable bonds is 6. The van der Waals surface area contributed by atoms with Gasteiger partial charge in [-0.05, 0) is 0 Å². The molecule has 0 bridgehead atoms. The van der Waals surface area contributed by atoms with Crippen molar-refractivity contribution < 1.29 is 4.92 Å². The van der Waals surface area contributed by atoms with E-state index in [0.29, 0.717) is 6.16 Å². The molecule has 5 rings (SSSR count). The molecule has 0 atom stereocenters. The average molecular weight is 565 g/mol. The topological polar surface area (TPSA) is 71.8 Å². The molecule has 5 nitrogen and oxygen atoms in total. The molecule has 164 valence electrons. The van der Waals surface area contributed by atoms with Crippen molar-refractivity contribution in [2.45, 2.75) is 6.16 Å².